The molecule has 0 bridgehead atoms. The number of benzene rings is 1. The van der Waals surface area contributed by atoms with Gasteiger partial charge in [-0.05, 0) is 53.9 Å². The van der Waals surface area contributed by atoms with Crippen LogP contribution in [0.5, 0.6) is 11.5 Å². The van der Waals surface area contributed by atoms with Crippen molar-refractivity contribution in [3.63, 3.8) is 0 Å². The fourth-order valence-electron chi connectivity index (χ4n) is 3.36. The number of carbonyl (C=O) groups excluding carboxylic acids is 1. The van der Waals surface area contributed by atoms with E-state index in [9.17, 15) is 4.79 Å². The molecular weight excluding hydrogens is 372 g/mol. The van der Waals surface area contributed by atoms with E-state index in [-0.39, 0.29) is 11.6 Å². The zero-order valence-corrected chi connectivity index (χ0v) is 16.3. The molecule has 0 saturated carbocycles. The van der Waals surface area contributed by atoms with E-state index in [1.807, 2.05) is 18.2 Å². The van der Waals surface area contributed by atoms with Gasteiger partial charge < -0.3 is 24.1 Å². The topological polar surface area (TPSA) is 89.7 Å². The van der Waals surface area contributed by atoms with Crippen molar-refractivity contribution in [3.8, 4) is 11.5 Å². The first kappa shape index (κ1) is 18.8. The first-order valence-corrected chi connectivity index (χ1v) is 9.31. The summed E-state index contributed by atoms with van der Waals surface area (Å²) in [4.78, 5) is 14.4. The van der Waals surface area contributed by atoms with E-state index >= 15 is 0 Å². The molecule has 0 atom stereocenters. The van der Waals surface area contributed by atoms with Crippen molar-refractivity contribution >= 4 is 11.7 Å². The highest BCUT2D eigenvalue weighted by Crippen LogP contribution is 2.34. The summed E-state index contributed by atoms with van der Waals surface area (Å²) in [5.74, 6) is 2.57. The second-order valence-corrected chi connectivity index (χ2v) is 6.69. The molecule has 1 N–H and O–H groups in total. The number of rotatable bonds is 6. The van der Waals surface area contributed by atoms with E-state index in [2.05, 4.69) is 20.4 Å². The van der Waals surface area contributed by atoms with Crippen molar-refractivity contribution in [1.29, 1.82) is 0 Å². The molecule has 0 saturated heterocycles. The van der Waals surface area contributed by atoms with Gasteiger partial charge >= 0.3 is 0 Å². The summed E-state index contributed by atoms with van der Waals surface area (Å²) in [6.07, 6.45) is 2.43. The number of hydrogen-bond donors (Lipinski definition) is 1. The summed E-state index contributed by atoms with van der Waals surface area (Å²) in [6, 6.07) is 11.1. The third-order valence-electron chi connectivity index (χ3n) is 4.93. The lowest BCUT2D eigenvalue weighted by Crippen LogP contribution is -2.31. The van der Waals surface area contributed by atoms with Gasteiger partial charge in [-0.3, -0.25) is 4.79 Å². The standard InChI is InChI=1S/C21H22N4O4/c1-27-18-10-14-7-8-25(13-15(14)11-19(18)28-2)20-6-5-17(23-24-20)21(26)22-12-16-4-3-9-29-16/h3-6,9-11H,7-8,12-13H2,1-2H3,(H,22,26). The minimum Gasteiger partial charge on any atom is -0.493 e. The second kappa shape index (κ2) is 8.22. The molecule has 1 aliphatic rings. The molecule has 1 aromatic carbocycles. The highest BCUT2D eigenvalue weighted by molar-refractivity contribution is 5.92. The van der Waals surface area contributed by atoms with Crippen LogP contribution >= 0.6 is 0 Å². The van der Waals surface area contributed by atoms with Crippen molar-refractivity contribution < 1.29 is 18.7 Å². The van der Waals surface area contributed by atoms with Crippen LogP contribution in [0.3, 0.4) is 0 Å². The molecule has 0 unspecified atom stereocenters. The SMILES string of the molecule is COc1cc2c(cc1OC)CN(c1ccc(C(=O)NCc3ccco3)nn1)CC2. The lowest BCUT2D eigenvalue weighted by molar-refractivity contribution is 0.0942. The average molecular weight is 394 g/mol. The summed E-state index contributed by atoms with van der Waals surface area (Å²) in [7, 11) is 3.27. The molecular formula is C21H22N4O4. The van der Waals surface area contributed by atoms with Crippen LogP contribution in [-0.2, 0) is 19.5 Å². The molecule has 2 aromatic heterocycles. The molecule has 0 fully saturated rings. The van der Waals surface area contributed by atoms with E-state index < -0.39 is 0 Å². The van der Waals surface area contributed by atoms with E-state index in [1.165, 1.54) is 5.56 Å². The molecule has 29 heavy (non-hydrogen) atoms. The number of hydrogen-bond acceptors (Lipinski definition) is 7. The Kier molecular flexibility index (Phi) is 5.33. The summed E-state index contributed by atoms with van der Waals surface area (Å²) in [5, 5.41) is 11.1. The van der Waals surface area contributed by atoms with Gasteiger partial charge in [-0.2, -0.15) is 0 Å². The Morgan fingerprint density at radius 2 is 1.93 bits per heavy atom. The molecule has 8 heteroatoms. The van der Waals surface area contributed by atoms with Gasteiger partial charge in [0, 0.05) is 13.1 Å². The Bertz CT molecular complexity index is 987. The zero-order valence-electron chi connectivity index (χ0n) is 16.3. The molecule has 0 spiro atoms. The van der Waals surface area contributed by atoms with E-state index in [0.29, 0.717) is 24.6 Å². The zero-order chi connectivity index (χ0) is 20.2. The third kappa shape index (κ3) is 4.01. The van der Waals surface area contributed by atoms with Crippen LogP contribution in [0.4, 0.5) is 5.82 Å². The normalized spacial score (nSPS) is 13.0. The van der Waals surface area contributed by atoms with Gasteiger partial charge in [-0.15, -0.1) is 10.2 Å². The lowest BCUT2D eigenvalue weighted by Gasteiger charge is -2.30. The van der Waals surface area contributed by atoms with Gasteiger partial charge in [0.2, 0.25) is 0 Å². The maximum atomic E-state index is 12.2. The highest BCUT2D eigenvalue weighted by atomic mass is 16.5. The monoisotopic (exact) mass is 394 g/mol. The molecule has 4 rings (SSSR count). The van der Waals surface area contributed by atoms with Crippen molar-refractivity contribution in [3.05, 3.63) is 65.2 Å². The maximum Gasteiger partial charge on any atom is 0.272 e. The molecule has 1 amide bonds. The fourth-order valence-corrected chi connectivity index (χ4v) is 3.36. The van der Waals surface area contributed by atoms with Gasteiger partial charge in [-0.1, -0.05) is 0 Å². The summed E-state index contributed by atoms with van der Waals surface area (Å²) < 4.78 is 16.0. The smallest absolute Gasteiger partial charge is 0.272 e. The molecule has 0 aliphatic carbocycles. The van der Waals surface area contributed by atoms with Gasteiger partial charge in [0.1, 0.15) is 5.76 Å². The van der Waals surface area contributed by atoms with Crippen LogP contribution in [0.25, 0.3) is 0 Å². The van der Waals surface area contributed by atoms with Gasteiger partial charge in [0.05, 0.1) is 27.0 Å². The van der Waals surface area contributed by atoms with Crippen LogP contribution < -0.4 is 19.7 Å². The van der Waals surface area contributed by atoms with Crippen LogP contribution in [0.1, 0.15) is 27.4 Å². The Labute approximate surface area is 168 Å². The number of carbonyl (C=O) groups is 1. The molecule has 0 radical (unpaired) electrons. The minimum absolute atomic E-state index is 0.268. The number of amides is 1. The largest absolute Gasteiger partial charge is 0.493 e. The Hall–Kier alpha value is -3.55. The highest BCUT2D eigenvalue weighted by Gasteiger charge is 2.21. The van der Waals surface area contributed by atoms with Crippen molar-refractivity contribution in [2.75, 3.05) is 25.7 Å². The van der Waals surface area contributed by atoms with Crippen molar-refractivity contribution in [1.82, 2.24) is 15.5 Å². The Balaban J connectivity index is 1.44. The van der Waals surface area contributed by atoms with Crippen LogP contribution in [0, 0.1) is 0 Å². The van der Waals surface area contributed by atoms with Crippen molar-refractivity contribution in [2.45, 2.75) is 19.5 Å². The number of nitrogens with one attached hydrogen (secondary N) is 1. The van der Waals surface area contributed by atoms with Crippen LogP contribution in [0.2, 0.25) is 0 Å². The fraction of sp³-hybridized carbons (Fsp3) is 0.286. The molecule has 150 valence electrons. The molecule has 3 aromatic rings. The van der Waals surface area contributed by atoms with E-state index in [0.717, 1.165) is 30.1 Å². The maximum absolute atomic E-state index is 12.2. The van der Waals surface area contributed by atoms with Crippen LogP contribution in [0.15, 0.2) is 47.1 Å². The van der Waals surface area contributed by atoms with E-state index in [4.69, 9.17) is 13.9 Å². The number of furan rings is 1. The van der Waals surface area contributed by atoms with Crippen molar-refractivity contribution in [2.24, 2.45) is 0 Å². The average Bonchev–Trinajstić information content (AvgIpc) is 3.30. The Morgan fingerprint density at radius 3 is 2.59 bits per heavy atom. The van der Waals surface area contributed by atoms with Gasteiger partial charge in [0.15, 0.2) is 23.0 Å². The first-order valence-electron chi connectivity index (χ1n) is 9.31. The third-order valence-corrected chi connectivity index (χ3v) is 4.93. The van der Waals surface area contributed by atoms with E-state index in [1.54, 1.807) is 38.7 Å². The van der Waals surface area contributed by atoms with Gasteiger partial charge in [-0.25, -0.2) is 0 Å². The predicted octanol–water partition coefficient (Wildman–Crippen LogP) is 2.58. The quantitative estimate of drug-likeness (QED) is 0.687. The Morgan fingerprint density at radius 1 is 1.14 bits per heavy atom. The number of anilines is 1. The van der Waals surface area contributed by atoms with Crippen LogP contribution in [-0.4, -0.2) is 36.9 Å². The minimum atomic E-state index is -0.290. The number of methoxy groups -OCH3 is 2. The van der Waals surface area contributed by atoms with Gasteiger partial charge in [0.25, 0.3) is 5.91 Å². The second-order valence-electron chi connectivity index (χ2n) is 6.69. The predicted molar refractivity (Wildman–Crippen MR) is 106 cm³/mol. The first-order chi connectivity index (χ1) is 14.2. The number of nitrogens with zero attached hydrogens (tertiary/aromatic N) is 3. The molecule has 1 aliphatic heterocycles. The molecule has 3 heterocycles. The molecule has 8 nitrogen and oxygen atoms in total. The number of ether oxygens (including phenoxy) is 2. The summed E-state index contributed by atoms with van der Waals surface area (Å²) in [6.45, 7) is 1.80. The lowest BCUT2D eigenvalue weighted by atomic mass is 9.99. The number of aromatic nitrogens is 2. The number of fused-ring (bicyclic) bond motifs is 1. The summed E-state index contributed by atoms with van der Waals surface area (Å²) in [5.41, 5.74) is 2.67. The summed E-state index contributed by atoms with van der Waals surface area (Å²) >= 11 is 0.